The molecule has 0 fully saturated rings. The molecule has 0 aromatic carbocycles. The van der Waals surface area contributed by atoms with E-state index in [2.05, 4.69) is 0 Å². The number of aliphatic hydroxyl groups is 1. The molecular formula is C8H10O3. The Kier molecular flexibility index (Phi) is 1.98. The summed E-state index contributed by atoms with van der Waals surface area (Å²) in [6, 6.07) is 0. The van der Waals surface area contributed by atoms with Crippen molar-refractivity contribution in [2.45, 2.75) is 20.3 Å². The van der Waals surface area contributed by atoms with Gasteiger partial charge in [0.1, 0.15) is 5.76 Å². The average molecular weight is 154 g/mol. The summed E-state index contributed by atoms with van der Waals surface area (Å²) in [5.74, 6) is -0.161. The lowest BCUT2D eigenvalue weighted by atomic mass is 10.2. The Morgan fingerprint density at radius 2 is 2.27 bits per heavy atom. The summed E-state index contributed by atoms with van der Waals surface area (Å²) >= 11 is 0. The zero-order valence-electron chi connectivity index (χ0n) is 6.55. The van der Waals surface area contributed by atoms with Crippen molar-refractivity contribution in [3.63, 3.8) is 0 Å². The van der Waals surface area contributed by atoms with Crippen molar-refractivity contribution in [1.82, 2.24) is 0 Å². The molecule has 0 amide bonds. The van der Waals surface area contributed by atoms with E-state index in [0.717, 1.165) is 6.42 Å². The van der Waals surface area contributed by atoms with Gasteiger partial charge >= 0.3 is 0 Å². The maximum Gasteiger partial charge on any atom is 0.265 e. The number of carbonyl (C=O) groups is 1. The summed E-state index contributed by atoms with van der Waals surface area (Å²) in [5, 5.41) is 9.03. The summed E-state index contributed by atoms with van der Waals surface area (Å²) in [6.07, 6.45) is 2.37. The fourth-order valence-electron chi connectivity index (χ4n) is 0.856. The Morgan fingerprint density at radius 1 is 1.64 bits per heavy atom. The van der Waals surface area contributed by atoms with Gasteiger partial charge in [-0.05, 0) is 19.4 Å². The molecule has 0 unspecified atom stereocenters. The van der Waals surface area contributed by atoms with Crippen LogP contribution in [0, 0.1) is 0 Å². The van der Waals surface area contributed by atoms with Gasteiger partial charge in [-0.1, -0.05) is 6.92 Å². The molecule has 1 heterocycles. The van der Waals surface area contributed by atoms with Crippen molar-refractivity contribution in [1.29, 1.82) is 0 Å². The van der Waals surface area contributed by atoms with Gasteiger partial charge in [-0.2, -0.15) is 0 Å². The van der Waals surface area contributed by atoms with Crippen LogP contribution in [0.1, 0.15) is 20.3 Å². The highest BCUT2D eigenvalue weighted by atomic mass is 16.5. The number of hydrogen-bond acceptors (Lipinski definition) is 3. The van der Waals surface area contributed by atoms with Gasteiger partial charge in [-0.15, -0.1) is 0 Å². The van der Waals surface area contributed by atoms with Crippen LogP contribution in [0.2, 0.25) is 0 Å². The van der Waals surface area contributed by atoms with Gasteiger partial charge in [0.15, 0.2) is 5.76 Å². The van der Waals surface area contributed by atoms with Crippen LogP contribution in [-0.4, -0.2) is 10.9 Å². The summed E-state index contributed by atoms with van der Waals surface area (Å²) in [6.45, 7) is 3.46. The molecule has 3 nitrogen and oxygen atoms in total. The molecular weight excluding hydrogens is 144 g/mol. The number of carbonyl (C=O) groups excluding carboxylic acids is 1. The maximum absolute atomic E-state index is 11.0. The van der Waals surface area contributed by atoms with E-state index in [1.165, 1.54) is 0 Å². The van der Waals surface area contributed by atoms with Crippen molar-refractivity contribution in [3.8, 4) is 0 Å². The van der Waals surface area contributed by atoms with Crippen LogP contribution in [0.25, 0.3) is 0 Å². The van der Waals surface area contributed by atoms with Crippen molar-refractivity contribution in [2.75, 3.05) is 0 Å². The molecule has 0 radical (unpaired) electrons. The van der Waals surface area contributed by atoms with Crippen LogP contribution in [-0.2, 0) is 9.53 Å². The minimum Gasteiger partial charge on any atom is -0.502 e. The molecule has 0 aromatic heterocycles. The molecule has 0 saturated heterocycles. The lowest BCUT2D eigenvalue weighted by Crippen LogP contribution is -1.98. The Bertz CT molecular complexity index is 248. The zero-order valence-corrected chi connectivity index (χ0v) is 6.55. The lowest BCUT2D eigenvalue weighted by Gasteiger charge is -1.94. The Labute approximate surface area is 65.0 Å². The van der Waals surface area contributed by atoms with E-state index in [0.29, 0.717) is 0 Å². The van der Waals surface area contributed by atoms with E-state index in [-0.39, 0.29) is 17.3 Å². The van der Waals surface area contributed by atoms with Crippen molar-refractivity contribution >= 4 is 5.78 Å². The van der Waals surface area contributed by atoms with Crippen LogP contribution in [0.5, 0.6) is 0 Å². The van der Waals surface area contributed by atoms with E-state index in [9.17, 15) is 4.79 Å². The van der Waals surface area contributed by atoms with Gasteiger partial charge in [-0.3, -0.25) is 4.79 Å². The second-order valence-corrected chi connectivity index (χ2v) is 2.31. The number of ketones is 1. The maximum atomic E-state index is 11.0. The topological polar surface area (TPSA) is 46.5 Å². The molecule has 0 saturated carbocycles. The van der Waals surface area contributed by atoms with Gasteiger partial charge < -0.3 is 9.84 Å². The van der Waals surface area contributed by atoms with Crippen molar-refractivity contribution in [3.05, 3.63) is 23.4 Å². The van der Waals surface area contributed by atoms with Crippen LogP contribution in [0.15, 0.2) is 23.4 Å². The number of aliphatic hydroxyl groups excluding tert-OH is 1. The van der Waals surface area contributed by atoms with Crippen molar-refractivity contribution in [2.24, 2.45) is 0 Å². The first-order valence-electron chi connectivity index (χ1n) is 3.49. The molecule has 1 aliphatic heterocycles. The average Bonchev–Trinajstić information content (AvgIpc) is 2.19. The first-order chi connectivity index (χ1) is 5.16. The fourth-order valence-corrected chi connectivity index (χ4v) is 0.856. The van der Waals surface area contributed by atoms with E-state index in [1.54, 1.807) is 13.0 Å². The smallest absolute Gasteiger partial charge is 0.265 e. The van der Waals surface area contributed by atoms with Gasteiger partial charge in [-0.25, -0.2) is 0 Å². The summed E-state index contributed by atoms with van der Waals surface area (Å²) < 4.78 is 4.97. The highest BCUT2D eigenvalue weighted by Gasteiger charge is 2.26. The predicted octanol–water partition coefficient (Wildman–Crippen LogP) is 1.67. The van der Waals surface area contributed by atoms with Crippen LogP contribution in [0.4, 0.5) is 0 Å². The monoisotopic (exact) mass is 154 g/mol. The van der Waals surface area contributed by atoms with E-state index >= 15 is 0 Å². The van der Waals surface area contributed by atoms with Crippen LogP contribution >= 0.6 is 0 Å². The second kappa shape index (κ2) is 2.78. The van der Waals surface area contributed by atoms with E-state index < -0.39 is 5.78 Å². The minimum absolute atomic E-state index is 0.238. The van der Waals surface area contributed by atoms with E-state index in [4.69, 9.17) is 9.84 Å². The van der Waals surface area contributed by atoms with Gasteiger partial charge in [0.05, 0.1) is 0 Å². The number of allylic oxidation sites excluding steroid dienone is 2. The van der Waals surface area contributed by atoms with Crippen LogP contribution < -0.4 is 0 Å². The summed E-state index contributed by atoms with van der Waals surface area (Å²) in [4.78, 5) is 11.0. The van der Waals surface area contributed by atoms with Gasteiger partial charge in [0, 0.05) is 0 Å². The lowest BCUT2D eigenvalue weighted by molar-refractivity contribution is -0.115. The normalized spacial score (nSPS) is 21.3. The quantitative estimate of drug-likeness (QED) is 0.584. The third-order valence-corrected chi connectivity index (χ3v) is 1.42. The molecule has 1 rings (SSSR count). The number of Topliss-reactive ketones (excluding diaryl/α,β-unsaturated/α-hetero) is 1. The zero-order chi connectivity index (χ0) is 8.43. The molecule has 0 aromatic rings. The summed E-state index contributed by atoms with van der Waals surface area (Å²) in [5.41, 5.74) is 0. The number of hydrogen-bond donors (Lipinski definition) is 1. The Balaban J connectivity index is 2.87. The molecule has 0 bridgehead atoms. The Morgan fingerprint density at radius 3 is 2.64 bits per heavy atom. The SMILES string of the molecule is CCC=C1OC(C)=C(O)C1=O. The molecule has 11 heavy (non-hydrogen) atoms. The number of rotatable bonds is 1. The summed E-state index contributed by atoms with van der Waals surface area (Å²) in [7, 11) is 0. The minimum atomic E-state index is -0.413. The molecule has 0 spiro atoms. The third kappa shape index (κ3) is 1.27. The first kappa shape index (κ1) is 7.85. The standard InChI is InChI=1S/C8H10O3/c1-3-4-6-8(10)7(9)5(2)11-6/h4,9H,3H2,1-2H3. The van der Waals surface area contributed by atoms with Crippen LogP contribution in [0.3, 0.4) is 0 Å². The molecule has 3 heteroatoms. The highest BCUT2D eigenvalue weighted by Crippen LogP contribution is 2.22. The largest absolute Gasteiger partial charge is 0.502 e. The molecule has 0 atom stereocenters. The molecule has 1 aliphatic rings. The van der Waals surface area contributed by atoms with Crippen molar-refractivity contribution < 1.29 is 14.6 Å². The third-order valence-electron chi connectivity index (χ3n) is 1.42. The Hall–Kier alpha value is -1.25. The number of ether oxygens (including phenoxy) is 1. The molecule has 1 N–H and O–H groups in total. The molecule has 60 valence electrons. The van der Waals surface area contributed by atoms with Gasteiger partial charge in [0.2, 0.25) is 5.76 Å². The first-order valence-corrected chi connectivity index (χ1v) is 3.49. The predicted molar refractivity (Wildman–Crippen MR) is 39.8 cm³/mol. The fraction of sp³-hybridized carbons (Fsp3) is 0.375. The molecule has 0 aliphatic carbocycles. The second-order valence-electron chi connectivity index (χ2n) is 2.31. The highest BCUT2D eigenvalue weighted by molar-refractivity contribution is 6.07. The van der Waals surface area contributed by atoms with E-state index in [1.807, 2.05) is 6.92 Å². The van der Waals surface area contributed by atoms with Gasteiger partial charge in [0.25, 0.3) is 5.78 Å².